The van der Waals surface area contributed by atoms with E-state index in [1.807, 2.05) is 29.8 Å². The zero-order valence-corrected chi connectivity index (χ0v) is 22.4. The third-order valence-electron chi connectivity index (χ3n) is 5.73. The molecular weight excluding hydrogens is 566 g/mol. The topological polar surface area (TPSA) is 98.4 Å². The summed E-state index contributed by atoms with van der Waals surface area (Å²) in [7, 11) is 1.55. The van der Waals surface area contributed by atoms with Gasteiger partial charge >= 0.3 is 11.7 Å². The van der Waals surface area contributed by atoms with Crippen molar-refractivity contribution in [3.63, 3.8) is 0 Å². The minimum absolute atomic E-state index is 0.0242. The van der Waals surface area contributed by atoms with E-state index in [-0.39, 0.29) is 24.6 Å². The van der Waals surface area contributed by atoms with Gasteiger partial charge in [0.2, 0.25) is 0 Å². The van der Waals surface area contributed by atoms with Crippen LogP contribution in [0.2, 0.25) is 0 Å². The number of hydrogen-bond donors (Lipinski definition) is 1. The van der Waals surface area contributed by atoms with E-state index >= 15 is 0 Å². The molecule has 0 radical (unpaired) electrons. The Labute approximate surface area is 226 Å². The summed E-state index contributed by atoms with van der Waals surface area (Å²) in [6.45, 7) is 2.86. The summed E-state index contributed by atoms with van der Waals surface area (Å²) >= 11 is 3.48. The first-order valence-electron chi connectivity index (χ1n) is 11.6. The molecule has 1 atom stereocenters. The van der Waals surface area contributed by atoms with Crippen molar-refractivity contribution in [3.05, 3.63) is 81.9 Å². The Hall–Kier alpha value is -3.77. The molecule has 0 saturated heterocycles. The van der Waals surface area contributed by atoms with E-state index < -0.39 is 29.9 Å². The Morgan fingerprint density at radius 1 is 1.24 bits per heavy atom. The second kappa shape index (κ2) is 11.3. The Morgan fingerprint density at radius 3 is 2.58 bits per heavy atom. The molecule has 0 aliphatic carbocycles. The lowest BCUT2D eigenvalue weighted by molar-refractivity contribution is -0.189. The van der Waals surface area contributed by atoms with Crippen LogP contribution in [0, 0.1) is 18.6 Å². The molecule has 9 nitrogen and oxygen atoms in total. The number of ether oxygens (including phenoxy) is 2. The maximum absolute atomic E-state index is 14.2. The van der Waals surface area contributed by atoms with Crippen LogP contribution in [-0.2, 0) is 20.1 Å². The monoisotopic (exact) mass is 590 g/mol. The van der Waals surface area contributed by atoms with Crippen LogP contribution in [0.3, 0.4) is 0 Å². The summed E-state index contributed by atoms with van der Waals surface area (Å²) in [6, 6.07) is 8.07. The molecule has 1 N–H and O–H groups in total. The van der Waals surface area contributed by atoms with Crippen LogP contribution in [0.1, 0.15) is 23.7 Å². The Bertz CT molecular complexity index is 1390. The predicted molar refractivity (Wildman–Crippen MR) is 139 cm³/mol. The largest absolute Gasteiger partial charge is 0.495 e. The number of rotatable bonds is 9. The number of esters is 1. The van der Waals surface area contributed by atoms with Crippen LogP contribution >= 0.6 is 15.9 Å². The molecule has 2 heterocycles. The Kier molecular flexibility index (Phi) is 8.12. The summed E-state index contributed by atoms with van der Waals surface area (Å²) in [5.74, 6) is -2.10. The fraction of sp³-hybridized carbons (Fsp3) is 0.269. The van der Waals surface area contributed by atoms with E-state index in [2.05, 4.69) is 26.1 Å². The smallest absolute Gasteiger partial charge is 0.380 e. The van der Waals surface area contributed by atoms with E-state index in [0.717, 1.165) is 23.5 Å². The number of methoxy groups -OCH3 is 1. The van der Waals surface area contributed by atoms with Gasteiger partial charge in [-0.05, 0) is 65.7 Å². The van der Waals surface area contributed by atoms with Gasteiger partial charge in [-0.15, -0.1) is 0 Å². The molecule has 200 valence electrons. The zero-order chi connectivity index (χ0) is 27.4. The Morgan fingerprint density at radius 2 is 1.97 bits per heavy atom. The summed E-state index contributed by atoms with van der Waals surface area (Å²) in [4.78, 5) is 24.3. The second-order valence-corrected chi connectivity index (χ2v) is 9.10. The quantitative estimate of drug-likeness (QED) is 0.372. The molecule has 3 aromatic rings. The van der Waals surface area contributed by atoms with Crippen molar-refractivity contribution in [2.75, 3.05) is 26.9 Å². The number of aromatic nitrogens is 2. The number of benzene rings is 2. The standard InChI is InChI=1S/C26H25BrF2N4O5/c1-4-37-25(35)26(18-11-19(28)13-20(29)12-18)33(7-8-34)24(31-38-26)21(27)9-17-5-6-22(23(10-17)36-3)32-14-16(2)30-15-32/h5-6,9-15,34H,4,7-8H2,1-3H3/b21-9-. The lowest BCUT2D eigenvalue weighted by atomic mass is 9.99. The fourth-order valence-electron chi connectivity index (χ4n) is 4.11. The van der Waals surface area contributed by atoms with Gasteiger partial charge in [-0.1, -0.05) is 11.2 Å². The van der Waals surface area contributed by atoms with Gasteiger partial charge in [-0.3, -0.25) is 4.90 Å². The molecule has 1 aromatic heterocycles. The van der Waals surface area contributed by atoms with Crippen molar-refractivity contribution in [1.29, 1.82) is 0 Å². The number of hydrogen-bond acceptors (Lipinski definition) is 8. The highest BCUT2D eigenvalue weighted by atomic mass is 79.9. The molecule has 12 heteroatoms. The first-order chi connectivity index (χ1) is 18.2. The van der Waals surface area contributed by atoms with Crippen LogP contribution in [0.4, 0.5) is 8.78 Å². The van der Waals surface area contributed by atoms with Gasteiger partial charge < -0.3 is 24.0 Å². The summed E-state index contributed by atoms with van der Waals surface area (Å²) in [6.07, 6.45) is 5.25. The van der Waals surface area contributed by atoms with Crippen molar-refractivity contribution in [1.82, 2.24) is 14.5 Å². The molecule has 0 saturated carbocycles. The maximum Gasteiger partial charge on any atom is 0.380 e. The fourth-order valence-corrected chi connectivity index (χ4v) is 4.66. The number of carbonyl (C=O) groups excluding carboxylic acids is 1. The lowest BCUT2D eigenvalue weighted by Crippen LogP contribution is -2.53. The van der Waals surface area contributed by atoms with Crippen LogP contribution in [0.15, 0.2) is 58.6 Å². The van der Waals surface area contributed by atoms with E-state index in [1.54, 1.807) is 32.5 Å². The van der Waals surface area contributed by atoms with Gasteiger partial charge in [0.15, 0.2) is 5.84 Å². The van der Waals surface area contributed by atoms with Crippen molar-refractivity contribution >= 4 is 33.8 Å². The normalized spacial score (nSPS) is 17.3. The lowest BCUT2D eigenvalue weighted by Gasteiger charge is -2.35. The van der Waals surface area contributed by atoms with Gasteiger partial charge in [-0.25, -0.2) is 18.6 Å². The molecule has 1 aliphatic heterocycles. The molecule has 0 bridgehead atoms. The van der Waals surface area contributed by atoms with Crippen molar-refractivity contribution in [2.45, 2.75) is 19.6 Å². The number of aliphatic hydroxyl groups excluding tert-OH is 1. The first-order valence-corrected chi connectivity index (χ1v) is 12.4. The van der Waals surface area contributed by atoms with E-state index in [0.29, 0.717) is 21.9 Å². The summed E-state index contributed by atoms with van der Waals surface area (Å²) < 4.78 is 41.4. The van der Waals surface area contributed by atoms with Crippen molar-refractivity contribution in [3.8, 4) is 11.4 Å². The number of aliphatic hydroxyl groups is 1. The van der Waals surface area contributed by atoms with Crippen LogP contribution in [0.25, 0.3) is 11.8 Å². The molecule has 0 fully saturated rings. The van der Waals surface area contributed by atoms with E-state index in [9.17, 15) is 18.7 Å². The highest BCUT2D eigenvalue weighted by Crippen LogP contribution is 2.40. The minimum atomic E-state index is -2.16. The first kappa shape index (κ1) is 27.3. The van der Waals surface area contributed by atoms with Crippen molar-refractivity contribution in [2.24, 2.45) is 5.16 Å². The average molecular weight is 591 g/mol. The molecule has 0 amide bonds. The third kappa shape index (κ3) is 5.14. The molecule has 0 spiro atoms. The number of imidazole rings is 1. The van der Waals surface area contributed by atoms with Gasteiger partial charge in [0.25, 0.3) is 0 Å². The van der Waals surface area contributed by atoms with E-state index in [4.69, 9.17) is 14.3 Å². The number of carbonyl (C=O) groups is 1. The second-order valence-electron chi connectivity index (χ2n) is 8.25. The maximum atomic E-state index is 14.2. The number of β-amino-alcohol motifs (C(OH)–C–C–N with tert-alkyl or cyclic N) is 1. The van der Waals surface area contributed by atoms with Crippen LogP contribution in [0.5, 0.6) is 5.75 Å². The van der Waals surface area contributed by atoms with Crippen molar-refractivity contribution < 1.29 is 33.0 Å². The zero-order valence-electron chi connectivity index (χ0n) is 20.8. The average Bonchev–Trinajstić information content (AvgIpc) is 3.48. The SMILES string of the molecule is CCOC(=O)C1(c2cc(F)cc(F)c2)ON=C(/C(Br)=C/c2ccc(-n3cnc(C)c3)c(OC)c2)N1CCO. The number of halogens is 3. The molecule has 4 rings (SSSR count). The summed E-state index contributed by atoms with van der Waals surface area (Å²) in [5, 5.41) is 13.9. The van der Waals surface area contributed by atoms with Gasteiger partial charge in [0.1, 0.15) is 17.4 Å². The van der Waals surface area contributed by atoms with Gasteiger partial charge in [0, 0.05) is 24.4 Å². The molecule has 2 aromatic carbocycles. The number of amidine groups is 1. The number of nitrogens with zero attached hydrogens (tertiary/aromatic N) is 4. The Balaban J connectivity index is 1.75. The van der Waals surface area contributed by atoms with E-state index in [1.165, 1.54) is 4.90 Å². The molecule has 1 unspecified atom stereocenters. The van der Waals surface area contributed by atoms with Crippen LogP contribution < -0.4 is 4.74 Å². The van der Waals surface area contributed by atoms with Crippen LogP contribution in [-0.4, -0.2) is 58.2 Å². The number of oxime groups is 1. The molecule has 38 heavy (non-hydrogen) atoms. The minimum Gasteiger partial charge on any atom is -0.495 e. The summed E-state index contributed by atoms with van der Waals surface area (Å²) in [5.41, 5.74) is -0.0106. The number of aryl methyl sites for hydroxylation is 1. The predicted octanol–water partition coefficient (Wildman–Crippen LogP) is 4.26. The van der Waals surface area contributed by atoms with Gasteiger partial charge in [0.05, 0.1) is 42.5 Å². The molecular formula is C26H25BrF2N4O5. The highest BCUT2D eigenvalue weighted by molar-refractivity contribution is 9.12. The molecule has 1 aliphatic rings. The third-order valence-corrected chi connectivity index (χ3v) is 6.31. The van der Waals surface area contributed by atoms with Gasteiger partial charge in [-0.2, -0.15) is 0 Å². The highest BCUT2D eigenvalue weighted by Gasteiger charge is 2.56.